The minimum Gasteiger partial charge on any atom is -0.356 e. The van der Waals surface area contributed by atoms with Crippen molar-refractivity contribution < 1.29 is 9.47 Å². The van der Waals surface area contributed by atoms with Crippen LogP contribution in [-0.4, -0.2) is 30.1 Å². The van der Waals surface area contributed by atoms with E-state index in [0.29, 0.717) is 0 Å². The molecule has 12 heavy (non-hydrogen) atoms. The number of hydrogen-bond donors (Lipinski definition) is 0. The lowest BCUT2D eigenvalue weighted by Gasteiger charge is -2.12. The van der Waals surface area contributed by atoms with Gasteiger partial charge < -0.3 is 14.0 Å². The van der Waals surface area contributed by atoms with Gasteiger partial charge in [0.1, 0.15) is 0 Å². The molecule has 1 heterocycles. The number of aryl methyl sites for hydroxylation is 1. The maximum absolute atomic E-state index is 5.04. The van der Waals surface area contributed by atoms with Crippen molar-refractivity contribution in [3.63, 3.8) is 0 Å². The summed E-state index contributed by atoms with van der Waals surface area (Å²) >= 11 is 0. The molecule has 0 fully saturated rings. The molecule has 68 valence electrons. The quantitative estimate of drug-likeness (QED) is 0.616. The molecule has 0 bridgehead atoms. The highest BCUT2D eigenvalue weighted by Gasteiger charge is 2.03. The van der Waals surface area contributed by atoms with E-state index in [-0.39, 0.29) is 6.29 Å². The summed E-state index contributed by atoms with van der Waals surface area (Å²) in [6, 6.07) is 0. The van der Waals surface area contributed by atoms with Gasteiger partial charge in [0.2, 0.25) is 0 Å². The van der Waals surface area contributed by atoms with Crippen molar-refractivity contribution >= 4 is 0 Å². The molecule has 0 unspecified atom stereocenters. The van der Waals surface area contributed by atoms with Gasteiger partial charge in [-0.05, 0) is 0 Å². The third kappa shape index (κ3) is 2.64. The topological polar surface area (TPSA) is 36.3 Å². The fourth-order valence-electron chi connectivity index (χ4n) is 1.01. The summed E-state index contributed by atoms with van der Waals surface area (Å²) in [6.07, 6.45) is 6.18. The third-order valence-corrected chi connectivity index (χ3v) is 1.71. The van der Waals surface area contributed by atoms with Gasteiger partial charge in [0, 0.05) is 39.6 Å². The molecule has 1 aromatic heterocycles. The second kappa shape index (κ2) is 4.90. The molecular formula is C8H14N2O2. The number of rotatable bonds is 5. The lowest BCUT2D eigenvalue weighted by atomic mass is 10.4. The molecule has 0 saturated carbocycles. The average molecular weight is 170 g/mol. The Bertz CT molecular complexity index is 195. The maximum Gasteiger partial charge on any atom is 0.158 e. The smallest absolute Gasteiger partial charge is 0.158 e. The lowest BCUT2D eigenvalue weighted by Crippen LogP contribution is -2.15. The third-order valence-electron chi connectivity index (χ3n) is 1.71. The Labute approximate surface area is 72.1 Å². The minimum atomic E-state index is -0.118. The number of aromatic nitrogens is 2. The molecule has 0 N–H and O–H groups in total. The van der Waals surface area contributed by atoms with E-state index in [0.717, 1.165) is 13.0 Å². The van der Waals surface area contributed by atoms with Gasteiger partial charge in [-0.1, -0.05) is 0 Å². The fourth-order valence-corrected chi connectivity index (χ4v) is 1.01. The summed E-state index contributed by atoms with van der Waals surface area (Å²) in [5, 5.41) is 0. The Hall–Kier alpha value is -0.870. The molecule has 0 aromatic carbocycles. The Morgan fingerprint density at radius 2 is 2.17 bits per heavy atom. The molecule has 0 aliphatic heterocycles. The predicted molar refractivity (Wildman–Crippen MR) is 44.7 cm³/mol. The molecule has 0 amide bonds. The first-order chi connectivity index (χ1) is 5.86. The Morgan fingerprint density at radius 1 is 1.42 bits per heavy atom. The summed E-state index contributed by atoms with van der Waals surface area (Å²) in [7, 11) is 3.28. The van der Waals surface area contributed by atoms with Crippen LogP contribution in [0.25, 0.3) is 0 Å². The number of imidazole rings is 1. The van der Waals surface area contributed by atoms with Crippen LogP contribution in [0, 0.1) is 0 Å². The van der Waals surface area contributed by atoms with Crippen molar-refractivity contribution in [2.24, 2.45) is 0 Å². The first-order valence-corrected chi connectivity index (χ1v) is 3.88. The Balaban J connectivity index is 2.25. The average Bonchev–Trinajstić information content (AvgIpc) is 2.59. The van der Waals surface area contributed by atoms with Gasteiger partial charge in [-0.3, -0.25) is 0 Å². The minimum absolute atomic E-state index is 0.118. The van der Waals surface area contributed by atoms with E-state index in [1.165, 1.54) is 0 Å². The van der Waals surface area contributed by atoms with Gasteiger partial charge in [0.15, 0.2) is 6.29 Å². The van der Waals surface area contributed by atoms with Gasteiger partial charge in [0.05, 0.1) is 6.33 Å². The van der Waals surface area contributed by atoms with Gasteiger partial charge in [0.25, 0.3) is 0 Å². The van der Waals surface area contributed by atoms with Crippen molar-refractivity contribution in [3.8, 4) is 0 Å². The zero-order valence-corrected chi connectivity index (χ0v) is 7.43. The highest BCUT2D eigenvalue weighted by Crippen LogP contribution is 2.00. The summed E-state index contributed by atoms with van der Waals surface area (Å²) in [5.41, 5.74) is 0. The van der Waals surface area contributed by atoms with Crippen molar-refractivity contribution in [1.82, 2.24) is 9.55 Å². The van der Waals surface area contributed by atoms with Crippen LogP contribution < -0.4 is 0 Å². The summed E-state index contributed by atoms with van der Waals surface area (Å²) in [4.78, 5) is 3.93. The number of hydrogen-bond acceptors (Lipinski definition) is 3. The SMILES string of the molecule is COC(CCn1ccnc1)OC. The van der Waals surface area contributed by atoms with Gasteiger partial charge >= 0.3 is 0 Å². The van der Waals surface area contributed by atoms with Gasteiger partial charge in [-0.25, -0.2) is 4.98 Å². The summed E-state index contributed by atoms with van der Waals surface area (Å²) < 4.78 is 12.1. The van der Waals surface area contributed by atoms with Crippen LogP contribution in [0.2, 0.25) is 0 Å². The molecule has 0 atom stereocenters. The monoisotopic (exact) mass is 170 g/mol. The van der Waals surface area contributed by atoms with Gasteiger partial charge in [-0.2, -0.15) is 0 Å². The highest BCUT2D eigenvalue weighted by molar-refractivity contribution is 4.73. The second-order valence-electron chi connectivity index (χ2n) is 2.49. The van der Waals surface area contributed by atoms with Gasteiger partial charge in [-0.15, -0.1) is 0 Å². The fraction of sp³-hybridized carbons (Fsp3) is 0.625. The first kappa shape index (κ1) is 9.22. The van der Waals surface area contributed by atoms with Crippen LogP contribution in [0.5, 0.6) is 0 Å². The van der Waals surface area contributed by atoms with Crippen LogP contribution in [-0.2, 0) is 16.0 Å². The summed E-state index contributed by atoms with van der Waals surface area (Å²) in [5.74, 6) is 0. The van der Waals surface area contributed by atoms with Crippen LogP contribution >= 0.6 is 0 Å². The van der Waals surface area contributed by atoms with E-state index in [1.54, 1.807) is 26.7 Å². The van der Waals surface area contributed by atoms with Crippen molar-refractivity contribution in [2.45, 2.75) is 19.3 Å². The molecule has 4 heteroatoms. The van der Waals surface area contributed by atoms with Crippen LogP contribution in [0.15, 0.2) is 18.7 Å². The predicted octanol–water partition coefficient (Wildman–Crippen LogP) is 0.892. The van der Waals surface area contributed by atoms with E-state index in [4.69, 9.17) is 9.47 Å². The van der Waals surface area contributed by atoms with Crippen LogP contribution in [0.3, 0.4) is 0 Å². The van der Waals surface area contributed by atoms with E-state index in [9.17, 15) is 0 Å². The summed E-state index contributed by atoms with van der Waals surface area (Å²) in [6.45, 7) is 0.867. The molecule has 1 aromatic rings. The second-order valence-corrected chi connectivity index (χ2v) is 2.49. The molecule has 0 aliphatic rings. The lowest BCUT2D eigenvalue weighted by molar-refractivity contribution is -0.108. The Kier molecular flexibility index (Phi) is 3.76. The zero-order chi connectivity index (χ0) is 8.81. The van der Waals surface area contributed by atoms with Crippen molar-refractivity contribution in [1.29, 1.82) is 0 Å². The van der Waals surface area contributed by atoms with E-state index in [1.807, 2.05) is 10.8 Å². The molecular weight excluding hydrogens is 156 g/mol. The largest absolute Gasteiger partial charge is 0.356 e. The van der Waals surface area contributed by atoms with Crippen LogP contribution in [0.4, 0.5) is 0 Å². The normalized spacial score (nSPS) is 10.9. The van der Waals surface area contributed by atoms with Crippen LogP contribution in [0.1, 0.15) is 6.42 Å². The molecule has 0 radical (unpaired) electrons. The molecule has 0 spiro atoms. The number of methoxy groups -OCH3 is 2. The number of ether oxygens (including phenoxy) is 2. The maximum atomic E-state index is 5.04. The zero-order valence-electron chi connectivity index (χ0n) is 7.43. The van der Waals surface area contributed by atoms with E-state index in [2.05, 4.69) is 4.98 Å². The van der Waals surface area contributed by atoms with E-state index >= 15 is 0 Å². The molecule has 1 rings (SSSR count). The highest BCUT2D eigenvalue weighted by atomic mass is 16.7. The van der Waals surface area contributed by atoms with E-state index < -0.39 is 0 Å². The molecule has 0 aliphatic carbocycles. The number of nitrogens with zero attached hydrogens (tertiary/aromatic N) is 2. The van der Waals surface area contributed by atoms with Crippen molar-refractivity contribution in [2.75, 3.05) is 14.2 Å². The molecule has 0 saturated heterocycles. The molecule has 4 nitrogen and oxygen atoms in total. The van der Waals surface area contributed by atoms with Crippen molar-refractivity contribution in [3.05, 3.63) is 18.7 Å². The Morgan fingerprint density at radius 3 is 2.67 bits per heavy atom. The first-order valence-electron chi connectivity index (χ1n) is 3.88. The standard InChI is InChI=1S/C8H14N2O2/c1-11-8(12-2)3-5-10-6-4-9-7-10/h4,6-8H,3,5H2,1-2H3.